The molecule has 0 spiro atoms. The molecule has 0 amide bonds. The van der Waals surface area contributed by atoms with Crippen molar-refractivity contribution in [2.24, 2.45) is 0 Å². The Labute approximate surface area is 188 Å². The minimum Gasteiger partial charge on any atom is -0.481 e. The summed E-state index contributed by atoms with van der Waals surface area (Å²) in [5.74, 6) is 0.333. The quantitative estimate of drug-likeness (QED) is 0.312. The highest BCUT2D eigenvalue weighted by Crippen LogP contribution is 2.38. The Morgan fingerprint density at radius 1 is 1.03 bits per heavy atom. The van der Waals surface area contributed by atoms with Crippen LogP contribution in [0.15, 0.2) is 83.3 Å². The Morgan fingerprint density at radius 3 is 2.70 bits per heavy atom. The minimum absolute atomic E-state index is 0.0550. The van der Waals surface area contributed by atoms with Crippen molar-refractivity contribution in [1.82, 2.24) is 4.98 Å². The van der Waals surface area contributed by atoms with Crippen LogP contribution in [0.4, 0.5) is 0 Å². The average molecular weight is 480 g/mol. The van der Waals surface area contributed by atoms with Crippen LogP contribution in [0.25, 0.3) is 10.9 Å². The van der Waals surface area contributed by atoms with Gasteiger partial charge >= 0.3 is 5.97 Å². The standard InChI is InChI=1S/C24H18BrNO3S/c25-17-9-11-22(29-18-6-3-4-15(12-18)13-23(27)28)19(14-17)24(30)21-10-8-16-5-1-2-7-20(16)26-21/h1-12,14,24,30H,13H2,(H,27,28). The fraction of sp³-hybridized carbons (Fsp3) is 0.0833. The van der Waals surface area contributed by atoms with Gasteiger partial charge in [-0.3, -0.25) is 9.78 Å². The number of aliphatic carboxylic acids is 1. The van der Waals surface area contributed by atoms with Crippen molar-refractivity contribution in [2.75, 3.05) is 0 Å². The molecule has 0 fully saturated rings. The molecule has 0 saturated carbocycles. The van der Waals surface area contributed by atoms with Crippen LogP contribution in [-0.4, -0.2) is 16.1 Å². The van der Waals surface area contributed by atoms with Crippen molar-refractivity contribution in [3.8, 4) is 11.5 Å². The van der Waals surface area contributed by atoms with Crippen molar-refractivity contribution in [2.45, 2.75) is 11.7 Å². The molecule has 1 atom stereocenters. The molecule has 0 aliphatic heterocycles. The molecule has 6 heteroatoms. The number of fused-ring (bicyclic) bond motifs is 1. The zero-order chi connectivity index (χ0) is 21.1. The molecule has 30 heavy (non-hydrogen) atoms. The molecule has 3 aromatic carbocycles. The number of pyridine rings is 1. The van der Waals surface area contributed by atoms with Crippen molar-refractivity contribution in [1.29, 1.82) is 0 Å². The number of nitrogens with zero attached hydrogens (tertiary/aromatic N) is 1. The second-order valence-electron chi connectivity index (χ2n) is 6.83. The van der Waals surface area contributed by atoms with Crippen molar-refractivity contribution in [3.63, 3.8) is 0 Å². The number of hydrogen-bond acceptors (Lipinski definition) is 4. The number of rotatable bonds is 6. The van der Waals surface area contributed by atoms with E-state index in [0.29, 0.717) is 17.1 Å². The summed E-state index contributed by atoms with van der Waals surface area (Å²) in [4.78, 5) is 15.8. The van der Waals surface area contributed by atoms with Gasteiger partial charge in [0.15, 0.2) is 0 Å². The third-order valence-electron chi connectivity index (χ3n) is 4.65. The zero-order valence-corrected chi connectivity index (χ0v) is 18.3. The summed E-state index contributed by atoms with van der Waals surface area (Å²) in [6.07, 6.45) is -0.0550. The van der Waals surface area contributed by atoms with Crippen molar-refractivity contribution < 1.29 is 14.6 Å². The molecule has 4 aromatic rings. The van der Waals surface area contributed by atoms with Crippen LogP contribution in [0.5, 0.6) is 11.5 Å². The van der Waals surface area contributed by atoms with Gasteiger partial charge in [-0.2, -0.15) is 12.6 Å². The molecule has 1 unspecified atom stereocenters. The highest BCUT2D eigenvalue weighted by molar-refractivity contribution is 9.10. The van der Waals surface area contributed by atoms with Gasteiger partial charge in [-0.15, -0.1) is 0 Å². The smallest absolute Gasteiger partial charge is 0.307 e. The molecule has 1 heterocycles. The van der Waals surface area contributed by atoms with Gasteiger partial charge < -0.3 is 9.84 Å². The second-order valence-corrected chi connectivity index (χ2v) is 8.27. The average Bonchev–Trinajstić information content (AvgIpc) is 2.74. The van der Waals surface area contributed by atoms with Gasteiger partial charge in [0, 0.05) is 15.4 Å². The summed E-state index contributed by atoms with van der Waals surface area (Å²) in [7, 11) is 0. The normalized spacial score (nSPS) is 11.9. The Hall–Kier alpha value is -2.83. The first-order valence-corrected chi connectivity index (χ1v) is 10.6. The number of para-hydroxylation sites is 1. The molecular formula is C24H18BrNO3S. The maximum atomic E-state index is 11.0. The third-order valence-corrected chi connectivity index (χ3v) is 5.68. The molecule has 1 N–H and O–H groups in total. The Balaban J connectivity index is 1.68. The molecule has 0 radical (unpaired) electrons. The van der Waals surface area contributed by atoms with Crippen molar-refractivity contribution >= 4 is 45.4 Å². The number of carboxylic acid groups (broad SMARTS) is 1. The van der Waals surface area contributed by atoms with Gasteiger partial charge in [-0.1, -0.05) is 52.3 Å². The largest absolute Gasteiger partial charge is 0.481 e. The Morgan fingerprint density at radius 2 is 1.87 bits per heavy atom. The predicted octanol–water partition coefficient (Wildman–Crippen LogP) is 6.44. The van der Waals surface area contributed by atoms with Crippen LogP contribution in [0.3, 0.4) is 0 Å². The third kappa shape index (κ3) is 4.66. The van der Waals surface area contributed by atoms with Gasteiger partial charge in [-0.05, 0) is 48.0 Å². The van der Waals surface area contributed by atoms with Gasteiger partial charge in [0.1, 0.15) is 11.5 Å². The highest BCUT2D eigenvalue weighted by Gasteiger charge is 2.18. The summed E-state index contributed by atoms with van der Waals surface area (Å²) >= 11 is 8.37. The van der Waals surface area contributed by atoms with E-state index in [9.17, 15) is 4.79 Å². The van der Waals surface area contributed by atoms with Crippen LogP contribution >= 0.6 is 28.6 Å². The Bertz CT molecular complexity index is 1230. The van der Waals surface area contributed by atoms with Crippen molar-refractivity contribution in [3.05, 3.63) is 100 Å². The van der Waals surface area contributed by atoms with E-state index in [1.165, 1.54) is 0 Å². The van der Waals surface area contributed by atoms with Crippen LogP contribution in [0.2, 0.25) is 0 Å². The van der Waals surface area contributed by atoms with E-state index in [4.69, 9.17) is 27.5 Å². The topological polar surface area (TPSA) is 59.4 Å². The van der Waals surface area contributed by atoms with Crippen LogP contribution in [-0.2, 0) is 11.2 Å². The zero-order valence-electron chi connectivity index (χ0n) is 15.8. The number of benzene rings is 3. The lowest BCUT2D eigenvalue weighted by Crippen LogP contribution is -2.01. The minimum atomic E-state index is -0.880. The fourth-order valence-corrected chi connectivity index (χ4v) is 3.96. The summed E-state index contributed by atoms with van der Waals surface area (Å²) in [5.41, 5.74) is 3.27. The number of aromatic nitrogens is 1. The van der Waals surface area contributed by atoms with E-state index in [1.807, 2.05) is 54.6 Å². The number of ether oxygens (including phenoxy) is 1. The summed E-state index contributed by atoms with van der Waals surface area (Å²) in [6.45, 7) is 0. The second kappa shape index (κ2) is 8.90. The van der Waals surface area contributed by atoms with Crippen LogP contribution in [0, 0.1) is 0 Å². The van der Waals surface area contributed by atoms with E-state index in [2.05, 4.69) is 15.9 Å². The molecule has 0 bridgehead atoms. The maximum Gasteiger partial charge on any atom is 0.307 e. The van der Waals surface area contributed by atoms with Gasteiger partial charge in [-0.25, -0.2) is 0 Å². The molecule has 4 nitrogen and oxygen atoms in total. The van der Waals surface area contributed by atoms with E-state index in [0.717, 1.165) is 26.6 Å². The first kappa shape index (κ1) is 20.4. The van der Waals surface area contributed by atoms with Gasteiger partial charge in [0.25, 0.3) is 0 Å². The molecule has 150 valence electrons. The number of hydrogen-bond donors (Lipinski definition) is 2. The number of carboxylic acids is 1. The lowest BCUT2D eigenvalue weighted by molar-refractivity contribution is -0.136. The predicted molar refractivity (Wildman–Crippen MR) is 125 cm³/mol. The maximum absolute atomic E-state index is 11.0. The van der Waals surface area contributed by atoms with E-state index in [-0.39, 0.29) is 11.7 Å². The van der Waals surface area contributed by atoms with E-state index in [1.54, 1.807) is 24.3 Å². The number of halogens is 1. The number of carbonyl (C=O) groups is 1. The molecule has 0 saturated heterocycles. The van der Waals surface area contributed by atoms with E-state index < -0.39 is 5.97 Å². The van der Waals surface area contributed by atoms with Crippen LogP contribution in [0.1, 0.15) is 22.1 Å². The summed E-state index contributed by atoms with van der Waals surface area (Å²) in [5, 5.41) is 9.80. The molecular weight excluding hydrogens is 462 g/mol. The van der Waals surface area contributed by atoms with Gasteiger partial charge in [0.05, 0.1) is 22.9 Å². The molecule has 1 aromatic heterocycles. The van der Waals surface area contributed by atoms with Crippen LogP contribution < -0.4 is 4.74 Å². The summed E-state index contributed by atoms with van der Waals surface area (Å²) < 4.78 is 7.03. The lowest BCUT2D eigenvalue weighted by atomic mass is 10.1. The highest BCUT2D eigenvalue weighted by atomic mass is 79.9. The molecule has 0 aliphatic carbocycles. The monoisotopic (exact) mass is 479 g/mol. The number of thiol groups is 1. The first-order chi connectivity index (χ1) is 14.5. The molecule has 0 aliphatic rings. The van der Waals surface area contributed by atoms with Gasteiger partial charge in [0.2, 0.25) is 0 Å². The first-order valence-electron chi connectivity index (χ1n) is 9.31. The SMILES string of the molecule is O=C(O)Cc1cccc(Oc2ccc(Br)cc2C(S)c2ccc3ccccc3n2)c1. The summed E-state index contributed by atoms with van der Waals surface area (Å²) in [6, 6.07) is 24.8. The molecule has 4 rings (SSSR count). The van der Waals surface area contributed by atoms with E-state index >= 15 is 0 Å². The lowest BCUT2D eigenvalue weighted by Gasteiger charge is -2.17. The Kier molecular flexibility index (Phi) is 6.06. The fourth-order valence-electron chi connectivity index (χ4n) is 3.24.